The van der Waals surface area contributed by atoms with E-state index < -0.39 is 0 Å². The summed E-state index contributed by atoms with van der Waals surface area (Å²) < 4.78 is 0. The van der Waals surface area contributed by atoms with Gasteiger partial charge >= 0.3 is 0 Å². The van der Waals surface area contributed by atoms with Gasteiger partial charge in [0.25, 0.3) is 0 Å². The first-order chi connectivity index (χ1) is 14.6. The molecule has 1 aromatic carbocycles. The summed E-state index contributed by atoms with van der Waals surface area (Å²) in [5, 5.41) is 3.18. The molecule has 0 unspecified atom stereocenters. The van der Waals surface area contributed by atoms with Gasteiger partial charge in [-0.05, 0) is 24.8 Å². The quantitative estimate of drug-likeness (QED) is 0.825. The van der Waals surface area contributed by atoms with E-state index in [-0.39, 0.29) is 17.9 Å². The minimum atomic E-state index is -0.0727. The van der Waals surface area contributed by atoms with Crippen LogP contribution in [0, 0.1) is 0 Å². The monoisotopic (exact) mass is 407 g/mol. The van der Waals surface area contributed by atoms with Crippen LogP contribution in [0.5, 0.6) is 0 Å². The molecule has 1 aromatic heterocycles. The lowest BCUT2D eigenvalue weighted by atomic mass is 10.0. The molecule has 0 bridgehead atoms. The Morgan fingerprint density at radius 2 is 1.97 bits per heavy atom. The topological polar surface area (TPSA) is 78.4 Å². The molecule has 7 heteroatoms. The molecule has 2 aromatic rings. The number of anilines is 1. The van der Waals surface area contributed by atoms with E-state index in [1.54, 1.807) is 6.92 Å². The number of hydrogen-bond donors (Lipinski definition) is 1. The molecule has 0 aliphatic carbocycles. The molecule has 1 saturated heterocycles. The third kappa shape index (κ3) is 4.15. The average molecular weight is 408 g/mol. The van der Waals surface area contributed by atoms with Gasteiger partial charge in [-0.3, -0.25) is 9.59 Å². The predicted molar refractivity (Wildman–Crippen MR) is 115 cm³/mol. The second-order valence-corrected chi connectivity index (χ2v) is 8.03. The fourth-order valence-corrected chi connectivity index (χ4v) is 4.43. The molecule has 158 valence electrons. The van der Waals surface area contributed by atoms with Gasteiger partial charge in [-0.25, -0.2) is 9.97 Å². The molecule has 1 fully saturated rings. The van der Waals surface area contributed by atoms with Crippen molar-refractivity contribution in [2.24, 2.45) is 0 Å². The number of rotatable bonds is 5. The zero-order valence-corrected chi connectivity index (χ0v) is 17.7. The minimum Gasteiger partial charge on any atom is -0.373 e. The minimum absolute atomic E-state index is 0.0674. The molecule has 1 N–H and O–H groups in total. The second-order valence-electron chi connectivity index (χ2n) is 8.03. The number of amides is 2. The van der Waals surface area contributed by atoms with Crippen LogP contribution >= 0.6 is 0 Å². The normalized spacial score (nSPS) is 18.3. The van der Waals surface area contributed by atoms with Crippen LogP contribution in [0.3, 0.4) is 0 Å². The summed E-state index contributed by atoms with van der Waals surface area (Å²) >= 11 is 0. The maximum absolute atomic E-state index is 13.0. The summed E-state index contributed by atoms with van der Waals surface area (Å²) in [7, 11) is 1.84. The van der Waals surface area contributed by atoms with E-state index in [1.807, 2.05) is 35.0 Å². The standard InChI is InChI=1S/C23H29N5O2/c1-16(29)27-14-12-19-18(15-27)22(24-2)26-23(25-19)20-9-6-13-28(20)21(30)11-10-17-7-4-3-5-8-17/h3-5,7-8,20H,6,9-15H2,1-2H3,(H,24,25,26)/t20-/m0/s1. The summed E-state index contributed by atoms with van der Waals surface area (Å²) in [4.78, 5) is 38.2. The highest BCUT2D eigenvalue weighted by Crippen LogP contribution is 2.33. The molecule has 0 radical (unpaired) electrons. The van der Waals surface area contributed by atoms with Crippen LogP contribution in [0.15, 0.2) is 30.3 Å². The Morgan fingerprint density at radius 3 is 2.70 bits per heavy atom. The Kier molecular flexibility index (Phi) is 5.97. The van der Waals surface area contributed by atoms with E-state index in [4.69, 9.17) is 9.97 Å². The van der Waals surface area contributed by atoms with Crippen LogP contribution in [0.2, 0.25) is 0 Å². The number of nitrogens with one attached hydrogen (secondary N) is 1. The zero-order valence-electron chi connectivity index (χ0n) is 17.7. The van der Waals surface area contributed by atoms with Crippen molar-refractivity contribution < 1.29 is 9.59 Å². The molecule has 7 nitrogen and oxygen atoms in total. The van der Waals surface area contributed by atoms with Crippen LogP contribution in [0.25, 0.3) is 0 Å². The van der Waals surface area contributed by atoms with E-state index in [1.165, 1.54) is 5.56 Å². The molecule has 2 aliphatic rings. The maximum Gasteiger partial charge on any atom is 0.223 e. The van der Waals surface area contributed by atoms with Gasteiger partial charge in [-0.2, -0.15) is 0 Å². The molecule has 2 amide bonds. The van der Waals surface area contributed by atoms with Crippen LogP contribution in [0.1, 0.15) is 54.9 Å². The highest BCUT2D eigenvalue weighted by Gasteiger charge is 2.33. The lowest BCUT2D eigenvalue weighted by Gasteiger charge is -2.30. The van der Waals surface area contributed by atoms with Crippen molar-refractivity contribution in [3.63, 3.8) is 0 Å². The highest BCUT2D eigenvalue weighted by molar-refractivity contribution is 5.77. The smallest absolute Gasteiger partial charge is 0.223 e. The highest BCUT2D eigenvalue weighted by atomic mass is 16.2. The average Bonchev–Trinajstić information content (AvgIpc) is 3.27. The van der Waals surface area contributed by atoms with E-state index in [0.29, 0.717) is 25.9 Å². The number of carbonyl (C=O) groups is 2. The van der Waals surface area contributed by atoms with Gasteiger partial charge in [0.15, 0.2) is 5.82 Å². The first kappa shape index (κ1) is 20.3. The molecule has 4 rings (SSSR count). The first-order valence-electron chi connectivity index (χ1n) is 10.7. The Morgan fingerprint density at radius 1 is 1.17 bits per heavy atom. The fourth-order valence-electron chi connectivity index (χ4n) is 4.43. The van der Waals surface area contributed by atoms with E-state index in [2.05, 4.69) is 17.4 Å². The van der Waals surface area contributed by atoms with Crippen LogP contribution in [0.4, 0.5) is 5.82 Å². The maximum atomic E-state index is 13.0. The molecular formula is C23H29N5O2. The van der Waals surface area contributed by atoms with Crippen molar-refractivity contribution in [2.45, 2.75) is 51.6 Å². The van der Waals surface area contributed by atoms with Gasteiger partial charge in [0, 0.05) is 45.5 Å². The Balaban J connectivity index is 1.52. The van der Waals surface area contributed by atoms with Gasteiger partial charge < -0.3 is 15.1 Å². The third-order valence-electron chi connectivity index (χ3n) is 6.10. The summed E-state index contributed by atoms with van der Waals surface area (Å²) in [6.45, 7) is 3.56. The van der Waals surface area contributed by atoms with Crippen molar-refractivity contribution in [3.8, 4) is 0 Å². The predicted octanol–water partition coefficient (Wildman–Crippen LogP) is 2.72. The van der Waals surface area contributed by atoms with Crippen molar-refractivity contribution in [2.75, 3.05) is 25.5 Å². The largest absolute Gasteiger partial charge is 0.373 e. The summed E-state index contributed by atoms with van der Waals surface area (Å²) in [5.74, 6) is 1.72. The molecule has 0 saturated carbocycles. The Bertz CT molecular complexity index is 913. The molecule has 3 heterocycles. The van der Waals surface area contributed by atoms with Gasteiger partial charge in [0.05, 0.1) is 18.3 Å². The SMILES string of the molecule is CNc1nc([C@@H]2CCCN2C(=O)CCc2ccccc2)nc2c1CN(C(C)=O)CC2. The van der Waals surface area contributed by atoms with Crippen molar-refractivity contribution >= 4 is 17.6 Å². The van der Waals surface area contributed by atoms with Crippen LogP contribution < -0.4 is 5.32 Å². The van der Waals surface area contributed by atoms with Gasteiger partial charge in [0.1, 0.15) is 5.82 Å². The number of carbonyl (C=O) groups excluding carboxylic acids is 2. The number of nitrogens with zero attached hydrogens (tertiary/aromatic N) is 4. The van der Waals surface area contributed by atoms with Crippen LogP contribution in [-0.4, -0.2) is 51.7 Å². The van der Waals surface area contributed by atoms with Gasteiger partial charge in [-0.1, -0.05) is 30.3 Å². The fraction of sp³-hybridized carbons (Fsp3) is 0.478. The van der Waals surface area contributed by atoms with E-state index >= 15 is 0 Å². The zero-order chi connectivity index (χ0) is 21.1. The number of benzene rings is 1. The third-order valence-corrected chi connectivity index (χ3v) is 6.10. The summed E-state index contributed by atoms with van der Waals surface area (Å²) in [6, 6.07) is 10.1. The summed E-state index contributed by atoms with van der Waals surface area (Å²) in [6.07, 6.45) is 3.82. The number of aryl methyl sites for hydroxylation is 1. The van der Waals surface area contributed by atoms with Crippen molar-refractivity contribution in [1.29, 1.82) is 0 Å². The number of likely N-dealkylation sites (tertiary alicyclic amines) is 1. The number of fused-ring (bicyclic) bond motifs is 1. The van der Waals surface area contributed by atoms with Gasteiger partial charge in [0.2, 0.25) is 11.8 Å². The molecular weight excluding hydrogens is 378 g/mol. The lowest BCUT2D eigenvalue weighted by molar-refractivity contribution is -0.132. The molecule has 0 spiro atoms. The summed E-state index contributed by atoms with van der Waals surface area (Å²) in [5.41, 5.74) is 3.16. The van der Waals surface area contributed by atoms with Crippen molar-refractivity contribution in [1.82, 2.24) is 19.8 Å². The number of aromatic nitrogens is 2. The Hall–Kier alpha value is -2.96. The Labute approximate surface area is 177 Å². The second kappa shape index (κ2) is 8.81. The van der Waals surface area contributed by atoms with Crippen LogP contribution in [-0.2, 0) is 29.0 Å². The number of hydrogen-bond acceptors (Lipinski definition) is 5. The lowest BCUT2D eigenvalue weighted by Crippen LogP contribution is -2.36. The molecule has 1 atom stereocenters. The van der Waals surface area contributed by atoms with E-state index in [9.17, 15) is 9.59 Å². The van der Waals surface area contributed by atoms with Crippen molar-refractivity contribution in [3.05, 3.63) is 53.0 Å². The van der Waals surface area contributed by atoms with E-state index in [0.717, 1.165) is 48.7 Å². The molecule has 30 heavy (non-hydrogen) atoms. The first-order valence-corrected chi connectivity index (χ1v) is 10.7. The molecule has 2 aliphatic heterocycles. The van der Waals surface area contributed by atoms with Gasteiger partial charge in [-0.15, -0.1) is 0 Å².